The molecule has 0 aliphatic carbocycles. The molecule has 1 aliphatic heterocycles. The molecule has 31 heavy (non-hydrogen) atoms. The highest BCUT2D eigenvalue weighted by Crippen LogP contribution is 2.20. The number of aromatic nitrogens is 1. The fourth-order valence-corrected chi connectivity index (χ4v) is 4.01. The summed E-state index contributed by atoms with van der Waals surface area (Å²) in [7, 11) is 0. The van der Waals surface area contributed by atoms with Crippen LogP contribution in [0.4, 0.5) is 4.39 Å². The number of fused-ring (bicyclic) bond motifs is 1. The number of nitrogens with zero attached hydrogens (tertiary/aromatic N) is 1. The first-order valence-electron chi connectivity index (χ1n) is 10.2. The third-order valence-corrected chi connectivity index (χ3v) is 5.80. The third kappa shape index (κ3) is 5.06. The van der Waals surface area contributed by atoms with Gasteiger partial charge in [0.2, 0.25) is 5.91 Å². The van der Waals surface area contributed by atoms with Crippen LogP contribution in [0, 0.1) is 5.82 Å². The number of likely N-dealkylation sites (tertiary alicyclic amines) is 1. The van der Waals surface area contributed by atoms with E-state index in [1.165, 1.54) is 12.1 Å². The van der Waals surface area contributed by atoms with E-state index < -0.39 is 18.1 Å². The largest absolute Gasteiger partial charge is 0.393 e. The first kappa shape index (κ1) is 21.3. The molecule has 8 heteroatoms. The minimum absolute atomic E-state index is 0.219. The zero-order valence-corrected chi connectivity index (χ0v) is 17.5. The highest BCUT2D eigenvalue weighted by Gasteiger charge is 2.29. The lowest BCUT2D eigenvalue weighted by molar-refractivity contribution is -0.135. The maximum absolute atomic E-state index is 13.3. The molecule has 0 spiro atoms. The number of benzene rings is 2. The number of rotatable bonds is 5. The Morgan fingerprint density at radius 3 is 2.58 bits per heavy atom. The van der Waals surface area contributed by atoms with Crippen molar-refractivity contribution in [2.45, 2.75) is 31.4 Å². The van der Waals surface area contributed by atoms with Gasteiger partial charge in [-0.05, 0) is 54.8 Å². The maximum Gasteiger partial charge on any atom is 0.268 e. The molecule has 2 amide bonds. The van der Waals surface area contributed by atoms with Crippen molar-refractivity contribution >= 4 is 34.3 Å². The van der Waals surface area contributed by atoms with Gasteiger partial charge in [0.25, 0.3) is 5.91 Å². The second-order valence-electron chi connectivity index (χ2n) is 7.83. The predicted octanol–water partition coefficient (Wildman–Crippen LogP) is 3.28. The molecule has 1 aliphatic rings. The Bertz CT molecular complexity index is 1090. The zero-order valence-electron chi connectivity index (χ0n) is 16.8. The number of halogens is 2. The molecule has 1 fully saturated rings. The summed E-state index contributed by atoms with van der Waals surface area (Å²) >= 11 is 6.02. The molecule has 0 saturated carbocycles. The molecule has 3 aromatic rings. The molecule has 1 saturated heterocycles. The van der Waals surface area contributed by atoms with Gasteiger partial charge in [-0.25, -0.2) is 4.39 Å². The summed E-state index contributed by atoms with van der Waals surface area (Å²) in [6.07, 6.45) is 0.834. The standard InChI is InChI=1S/C23H23ClFN3O3/c24-16-3-6-19-15(12-16)13-20(26-19)22(30)27-21(11-14-1-4-17(25)5-2-14)23(31)28-9-7-18(29)8-10-28/h1-6,12-13,18,21,26,29H,7-11H2,(H,27,30). The number of H-pyrrole nitrogens is 1. The van der Waals surface area contributed by atoms with Crippen LogP contribution in [0.3, 0.4) is 0 Å². The van der Waals surface area contributed by atoms with Crippen LogP contribution >= 0.6 is 11.6 Å². The van der Waals surface area contributed by atoms with Gasteiger partial charge in [0, 0.05) is 35.4 Å². The van der Waals surface area contributed by atoms with E-state index in [4.69, 9.17) is 11.6 Å². The molecular weight excluding hydrogens is 421 g/mol. The summed E-state index contributed by atoms with van der Waals surface area (Å²) in [6, 6.07) is 12.0. The van der Waals surface area contributed by atoms with Crippen molar-refractivity contribution in [3.05, 3.63) is 70.6 Å². The molecule has 2 heterocycles. The van der Waals surface area contributed by atoms with Crippen molar-refractivity contribution in [2.75, 3.05) is 13.1 Å². The van der Waals surface area contributed by atoms with Crippen molar-refractivity contribution in [3.63, 3.8) is 0 Å². The van der Waals surface area contributed by atoms with Crippen LogP contribution in [0.2, 0.25) is 5.02 Å². The zero-order chi connectivity index (χ0) is 22.0. The van der Waals surface area contributed by atoms with E-state index in [9.17, 15) is 19.1 Å². The maximum atomic E-state index is 13.3. The van der Waals surface area contributed by atoms with E-state index in [1.807, 2.05) is 0 Å². The number of aliphatic hydroxyl groups excluding tert-OH is 1. The summed E-state index contributed by atoms with van der Waals surface area (Å²) in [5.41, 5.74) is 1.82. The van der Waals surface area contributed by atoms with Gasteiger partial charge in [0.15, 0.2) is 0 Å². The molecule has 1 atom stereocenters. The first-order chi connectivity index (χ1) is 14.9. The van der Waals surface area contributed by atoms with Crippen LogP contribution in [0.25, 0.3) is 10.9 Å². The molecule has 2 aromatic carbocycles. The number of aliphatic hydroxyl groups is 1. The second kappa shape index (κ2) is 9.08. The Morgan fingerprint density at radius 1 is 1.16 bits per heavy atom. The summed E-state index contributed by atoms with van der Waals surface area (Å²) in [5, 5.41) is 13.9. The number of hydrogen-bond donors (Lipinski definition) is 3. The third-order valence-electron chi connectivity index (χ3n) is 5.56. The van der Waals surface area contributed by atoms with Gasteiger partial charge in [0.1, 0.15) is 17.6 Å². The normalized spacial score (nSPS) is 15.8. The average Bonchev–Trinajstić information content (AvgIpc) is 3.18. The Balaban J connectivity index is 1.55. The van der Waals surface area contributed by atoms with Gasteiger partial charge >= 0.3 is 0 Å². The van der Waals surface area contributed by atoms with Gasteiger partial charge < -0.3 is 20.3 Å². The van der Waals surface area contributed by atoms with Gasteiger partial charge in [-0.15, -0.1) is 0 Å². The molecule has 4 rings (SSSR count). The molecule has 6 nitrogen and oxygen atoms in total. The van der Waals surface area contributed by atoms with Crippen LogP contribution in [-0.2, 0) is 11.2 Å². The first-order valence-corrected chi connectivity index (χ1v) is 10.6. The summed E-state index contributed by atoms with van der Waals surface area (Å²) in [4.78, 5) is 30.8. The summed E-state index contributed by atoms with van der Waals surface area (Å²) < 4.78 is 13.3. The van der Waals surface area contributed by atoms with Crippen LogP contribution < -0.4 is 5.32 Å². The van der Waals surface area contributed by atoms with Crippen LogP contribution in [-0.4, -0.2) is 52.0 Å². The minimum Gasteiger partial charge on any atom is -0.393 e. The van der Waals surface area contributed by atoms with Crippen LogP contribution in [0.15, 0.2) is 48.5 Å². The molecule has 1 unspecified atom stereocenters. The van der Waals surface area contributed by atoms with E-state index in [1.54, 1.807) is 41.3 Å². The number of piperidine rings is 1. The van der Waals surface area contributed by atoms with E-state index in [-0.39, 0.29) is 18.1 Å². The van der Waals surface area contributed by atoms with Crippen molar-refractivity contribution < 1.29 is 19.1 Å². The Kier molecular flexibility index (Phi) is 6.25. The van der Waals surface area contributed by atoms with Gasteiger partial charge in [-0.2, -0.15) is 0 Å². The highest BCUT2D eigenvalue weighted by atomic mass is 35.5. The van der Waals surface area contributed by atoms with Crippen molar-refractivity contribution in [1.29, 1.82) is 0 Å². The predicted molar refractivity (Wildman–Crippen MR) is 116 cm³/mol. The molecular formula is C23H23ClFN3O3. The lowest BCUT2D eigenvalue weighted by Crippen LogP contribution is -2.52. The van der Waals surface area contributed by atoms with Crippen LogP contribution in [0.5, 0.6) is 0 Å². The van der Waals surface area contributed by atoms with E-state index >= 15 is 0 Å². The summed E-state index contributed by atoms with van der Waals surface area (Å²) in [5.74, 6) is -0.994. The molecule has 0 radical (unpaired) electrons. The topological polar surface area (TPSA) is 85.4 Å². The van der Waals surface area contributed by atoms with Crippen molar-refractivity contribution in [2.24, 2.45) is 0 Å². The molecule has 0 bridgehead atoms. The van der Waals surface area contributed by atoms with E-state index in [0.29, 0.717) is 36.6 Å². The Hall–Kier alpha value is -2.90. The fraction of sp³-hybridized carbons (Fsp3) is 0.304. The van der Waals surface area contributed by atoms with Gasteiger partial charge in [-0.3, -0.25) is 9.59 Å². The SMILES string of the molecule is O=C(NC(Cc1ccc(F)cc1)C(=O)N1CCC(O)CC1)c1cc2cc(Cl)ccc2[nH]1. The number of aromatic amines is 1. The number of nitrogens with one attached hydrogen (secondary N) is 2. The second-order valence-corrected chi connectivity index (χ2v) is 8.26. The molecule has 162 valence electrons. The fourth-order valence-electron chi connectivity index (χ4n) is 3.82. The van der Waals surface area contributed by atoms with E-state index in [2.05, 4.69) is 10.3 Å². The quantitative estimate of drug-likeness (QED) is 0.565. The Morgan fingerprint density at radius 2 is 1.87 bits per heavy atom. The average molecular weight is 444 g/mol. The lowest BCUT2D eigenvalue weighted by atomic mass is 10.0. The van der Waals surface area contributed by atoms with Crippen molar-refractivity contribution in [3.8, 4) is 0 Å². The lowest BCUT2D eigenvalue weighted by Gasteiger charge is -2.32. The van der Waals surface area contributed by atoms with E-state index in [0.717, 1.165) is 16.5 Å². The summed E-state index contributed by atoms with van der Waals surface area (Å²) in [6.45, 7) is 0.862. The number of carbonyl (C=O) groups is 2. The number of hydrogen-bond acceptors (Lipinski definition) is 3. The van der Waals surface area contributed by atoms with Gasteiger partial charge in [-0.1, -0.05) is 23.7 Å². The monoisotopic (exact) mass is 443 g/mol. The van der Waals surface area contributed by atoms with Gasteiger partial charge in [0.05, 0.1) is 6.10 Å². The highest BCUT2D eigenvalue weighted by molar-refractivity contribution is 6.31. The smallest absolute Gasteiger partial charge is 0.268 e. The van der Waals surface area contributed by atoms with Crippen molar-refractivity contribution in [1.82, 2.24) is 15.2 Å². The number of carbonyl (C=O) groups excluding carboxylic acids is 2. The molecule has 1 aromatic heterocycles. The van der Waals surface area contributed by atoms with Crippen LogP contribution in [0.1, 0.15) is 28.9 Å². The Labute approximate surface area is 184 Å². The number of amides is 2. The molecule has 3 N–H and O–H groups in total. The minimum atomic E-state index is -0.816.